The lowest BCUT2D eigenvalue weighted by Gasteiger charge is -2.12. The Bertz CT molecular complexity index is 4290. The lowest BCUT2D eigenvalue weighted by molar-refractivity contribution is 0.668. The van der Waals surface area contributed by atoms with Gasteiger partial charge >= 0.3 is 0 Å². The number of furan rings is 2. The molecule has 0 aliphatic rings. The van der Waals surface area contributed by atoms with Crippen molar-refractivity contribution in [3.8, 4) is 73.2 Å². The van der Waals surface area contributed by atoms with E-state index in [2.05, 4.69) is 174 Å². The SMILES string of the molecule is c1ccc(-c2ccc(-c3nc(-c4ccccc4)nc(-c4cccc5oc6cc(-c7cc(-n8c9ccccc9c9cc(-c%10ccccc%10)ccc98)cc8oc9ccccc9c78)ccc6c45)n3)cc2)cc1. The fourth-order valence-electron chi connectivity index (χ4n) is 10.2. The van der Waals surface area contributed by atoms with Gasteiger partial charge in [-0.05, 0) is 81.9 Å². The molecule has 0 bridgehead atoms. The summed E-state index contributed by atoms with van der Waals surface area (Å²) in [5.41, 5.74) is 15.8. The summed E-state index contributed by atoms with van der Waals surface area (Å²) in [5, 5.41) is 6.42. The van der Waals surface area contributed by atoms with Crippen LogP contribution in [0.1, 0.15) is 0 Å². The second-order valence-corrected chi connectivity index (χ2v) is 17.5. The minimum atomic E-state index is 0.574. The molecule has 0 unspecified atom stereocenters. The summed E-state index contributed by atoms with van der Waals surface area (Å²) in [7, 11) is 0. The highest BCUT2D eigenvalue weighted by Gasteiger charge is 2.22. The topological polar surface area (TPSA) is 69.9 Å². The highest BCUT2D eigenvalue weighted by atomic mass is 16.3. The van der Waals surface area contributed by atoms with E-state index in [1.807, 2.05) is 60.7 Å². The van der Waals surface area contributed by atoms with E-state index in [4.69, 9.17) is 23.8 Å². The van der Waals surface area contributed by atoms with E-state index in [1.165, 1.54) is 21.9 Å². The van der Waals surface area contributed by atoms with Crippen molar-refractivity contribution < 1.29 is 8.83 Å². The Kier molecular flexibility index (Phi) is 8.79. The molecule has 0 aliphatic heterocycles. The highest BCUT2D eigenvalue weighted by molar-refractivity contribution is 6.17. The van der Waals surface area contributed by atoms with Gasteiger partial charge in [0.05, 0.1) is 16.7 Å². The van der Waals surface area contributed by atoms with Crippen LogP contribution in [0.2, 0.25) is 0 Å². The first-order valence-electron chi connectivity index (χ1n) is 23.2. The van der Waals surface area contributed by atoms with Gasteiger partial charge in [0.25, 0.3) is 0 Å². The molecule has 6 heteroatoms. The van der Waals surface area contributed by atoms with Crippen molar-refractivity contribution in [2.45, 2.75) is 0 Å². The molecule has 14 rings (SSSR count). The van der Waals surface area contributed by atoms with Gasteiger partial charge in [-0.25, -0.2) is 15.0 Å². The van der Waals surface area contributed by atoms with Crippen molar-refractivity contribution in [1.29, 1.82) is 0 Å². The molecule has 14 aromatic rings. The van der Waals surface area contributed by atoms with E-state index in [0.29, 0.717) is 17.5 Å². The molecule has 322 valence electrons. The van der Waals surface area contributed by atoms with Gasteiger partial charge in [-0.15, -0.1) is 0 Å². The zero-order valence-electron chi connectivity index (χ0n) is 37.0. The maximum absolute atomic E-state index is 6.81. The molecule has 0 atom stereocenters. The fraction of sp³-hybridized carbons (Fsp3) is 0. The van der Waals surface area contributed by atoms with Crippen molar-refractivity contribution in [3.05, 3.63) is 231 Å². The van der Waals surface area contributed by atoms with Crippen LogP contribution in [-0.4, -0.2) is 19.5 Å². The first-order valence-corrected chi connectivity index (χ1v) is 23.2. The van der Waals surface area contributed by atoms with E-state index in [9.17, 15) is 0 Å². The lowest BCUT2D eigenvalue weighted by atomic mass is 9.97. The van der Waals surface area contributed by atoms with Crippen molar-refractivity contribution in [3.63, 3.8) is 0 Å². The van der Waals surface area contributed by atoms with E-state index in [-0.39, 0.29) is 0 Å². The van der Waals surface area contributed by atoms with Crippen LogP contribution in [0.25, 0.3) is 139 Å². The van der Waals surface area contributed by atoms with Crippen molar-refractivity contribution in [2.24, 2.45) is 0 Å². The standard InChI is InChI=1S/C63H38N4O2/c1-4-15-39(16-5-1)41-27-29-43(30-28-41)62-64-61(42-19-8-3-9-20-42)65-63(66-62)50-23-14-26-56-59(50)49-33-31-45(36-57(49)69-56)51-37-46(38-58-60(51)48-22-11-13-25-55(48)68-58)67-53-24-12-10-21-47(53)52-35-44(32-34-54(52)67)40-17-6-2-7-18-40/h1-38H. The number of rotatable bonds is 7. The normalized spacial score (nSPS) is 11.8. The summed E-state index contributed by atoms with van der Waals surface area (Å²) in [6, 6.07) is 80.4. The van der Waals surface area contributed by atoms with Crippen LogP contribution in [-0.2, 0) is 0 Å². The molecular formula is C63H38N4O2. The predicted octanol–water partition coefficient (Wildman–Crippen LogP) is 16.8. The van der Waals surface area contributed by atoms with Crippen molar-refractivity contribution in [1.82, 2.24) is 19.5 Å². The van der Waals surface area contributed by atoms with E-state index < -0.39 is 0 Å². The molecule has 4 heterocycles. The van der Waals surface area contributed by atoms with Crippen LogP contribution in [0, 0.1) is 0 Å². The summed E-state index contributed by atoms with van der Waals surface area (Å²) in [6.07, 6.45) is 0. The second kappa shape index (κ2) is 15.6. The first kappa shape index (κ1) is 38.8. The monoisotopic (exact) mass is 882 g/mol. The van der Waals surface area contributed by atoms with Gasteiger partial charge in [0.1, 0.15) is 22.3 Å². The number of para-hydroxylation sites is 2. The van der Waals surface area contributed by atoms with Gasteiger partial charge in [-0.3, -0.25) is 0 Å². The van der Waals surface area contributed by atoms with E-state index in [0.717, 1.165) is 99.5 Å². The third kappa shape index (κ3) is 6.45. The maximum Gasteiger partial charge on any atom is 0.164 e. The Balaban J connectivity index is 0.936. The van der Waals surface area contributed by atoms with Crippen molar-refractivity contribution in [2.75, 3.05) is 0 Å². The average Bonchev–Trinajstić information content (AvgIpc) is 4.10. The van der Waals surface area contributed by atoms with Crippen LogP contribution >= 0.6 is 0 Å². The van der Waals surface area contributed by atoms with Gasteiger partial charge in [0.15, 0.2) is 17.5 Å². The number of nitrogens with zero attached hydrogens (tertiary/aromatic N) is 4. The van der Waals surface area contributed by atoms with Crippen LogP contribution in [0.15, 0.2) is 239 Å². The third-order valence-corrected chi connectivity index (χ3v) is 13.5. The highest BCUT2D eigenvalue weighted by Crippen LogP contribution is 2.44. The molecule has 69 heavy (non-hydrogen) atoms. The quantitative estimate of drug-likeness (QED) is 0.159. The first-order chi connectivity index (χ1) is 34.2. The molecule has 0 amide bonds. The Labute approximate surface area is 396 Å². The number of hydrogen-bond donors (Lipinski definition) is 0. The summed E-state index contributed by atoms with van der Waals surface area (Å²) in [5.74, 6) is 1.78. The van der Waals surface area contributed by atoms with Crippen LogP contribution in [0.4, 0.5) is 0 Å². The molecule has 0 fully saturated rings. The molecule has 0 spiro atoms. The van der Waals surface area contributed by atoms with Gasteiger partial charge < -0.3 is 13.4 Å². The Morgan fingerprint density at radius 1 is 0.275 bits per heavy atom. The average molecular weight is 883 g/mol. The minimum absolute atomic E-state index is 0.574. The molecule has 0 saturated heterocycles. The van der Waals surface area contributed by atoms with Gasteiger partial charge in [0.2, 0.25) is 0 Å². The molecule has 0 radical (unpaired) electrons. The van der Waals surface area contributed by atoms with Gasteiger partial charge in [0, 0.05) is 55.1 Å². The molecule has 10 aromatic carbocycles. The smallest absolute Gasteiger partial charge is 0.164 e. The maximum atomic E-state index is 6.81. The predicted molar refractivity (Wildman–Crippen MR) is 281 cm³/mol. The molecular weight excluding hydrogens is 845 g/mol. The molecule has 0 N–H and O–H groups in total. The Morgan fingerprint density at radius 2 is 0.797 bits per heavy atom. The lowest BCUT2D eigenvalue weighted by Crippen LogP contribution is -2.00. The number of hydrogen-bond acceptors (Lipinski definition) is 5. The zero-order valence-corrected chi connectivity index (χ0v) is 37.0. The second-order valence-electron chi connectivity index (χ2n) is 17.5. The molecule has 4 aromatic heterocycles. The molecule has 0 saturated carbocycles. The van der Waals surface area contributed by atoms with Crippen LogP contribution in [0.5, 0.6) is 0 Å². The van der Waals surface area contributed by atoms with Crippen molar-refractivity contribution >= 4 is 65.7 Å². The minimum Gasteiger partial charge on any atom is -0.456 e. The largest absolute Gasteiger partial charge is 0.456 e. The Hall–Kier alpha value is -9.39. The fourth-order valence-corrected chi connectivity index (χ4v) is 10.2. The zero-order chi connectivity index (χ0) is 45.4. The number of benzene rings is 10. The van der Waals surface area contributed by atoms with Crippen LogP contribution in [0.3, 0.4) is 0 Å². The van der Waals surface area contributed by atoms with E-state index in [1.54, 1.807) is 0 Å². The number of aromatic nitrogens is 4. The van der Waals surface area contributed by atoms with Crippen LogP contribution < -0.4 is 0 Å². The van der Waals surface area contributed by atoms with Gasteiger partial charge in [-0.1, -0.05) is 176 Å². The summed E-state index contributed by atoms with van der Waals surface area (Å²) < 4.78 is 15.9. The van der Waals surface area contributed by atoms with E-state index >= 15 is 0 Å². The van der Waals surface area contributed by atoms with Gasteiger partial charge in [-0.2, -0.15) is 0 Å². The summed E-state index contributed by atoms with van der Waals surface area (Å²) in [4.78, 5) is 15.4. The summed E-state index contributed by atoms with van der Waals surface area (Å²) >= 11 is 0. The summed E-state index contributed by atoms with van der Waals surface area (Å²) in [6.45, 7) is 0. The third-order valence-electron chi connectivity index (χ3n) is 13.5. The Morgan fingerprint density at radius 3 is 1.57 bits per heavy atom. The molecule has 6 nitrogen and oxygen atoms in total. The number of fused-ring (bicyclic) bond motifs is 9. The molecule has 0 aliphatic carbocycles.